The summed E-state index contributed by atoms with van der Waals surface area (Å²) in [5.74, 6) is -0.643. The van der Waals surface area contributed by atoms with Crippen LogP contribution in [-0.4, -0.2) is 28.5 Å². The Morgan fingerprint density at radius 2 is 1.69 bits per heavy atom. The van der Waals surface area contributed by atoms with Gasteiger partial charge in [-0.2, -0.15) is 0 Å². The van der Waals surface area contributed by atoms with E-state index in [2.05, 4.69) is 31.2 Å². The standard InChI is InChI=1S/C24H18BrN3O4/c25-16-9-11-17(12-10-16)26-22(29)14-32-24(31)18-6-2-1-5-15(18)13-21-27-20-8-4-3-7-19(20)23(30)28-21/h1-12H,13-14H2,(H,26,29)(H,27,28,30). The largest absolute Gasteiger partial charge is 0.452 e. The molecule has 0 aliphatic heterocycles. The fourth-order valence-electron chi connectivity index (χ4n) is 3.21. The van der Waals surface area contributed by atoms with Crippen molar-refractivity contribution in [1.29, 1.82) is 0 Å². The maximum absolute atomic E-state index is 12.6. The lowest BCUT2D eigenvalue weighted by Crippen LogP contribution is -2.21. The van der Waals surface area contributed by atoms with E-state index < -0.39 is 18.5 Å². The molecule has 4 aromatic rings. The zero-order valence-electron chi connectivity index (χ0n) is 16.8. The first-order chi connectivity index (χ1) is 15.5. The number of hydrogen-bond donors (Lipinski definition) is 2. The number of amides is 1. The fraction of sp³-hybridized carbons (Fsp3) is 0.0833. The predicted octanol–water partition coefficient (Wildman–Crippen LogP) is 4.07. The molecule has 0 aliphatic rings. The molecule has 0 bridgehead atoms. The average Bonchev–Trinajstić information content (AvgIpc) is 2.79. The Labute approximate surface area is 191 Å². The molecule has 4 rings (SSSR count). The SMILES string of the molecule is O=C(COC(=O)c1ccccc1Cc1nc2ccccc2c(=O)[nH]1)Nc1ccc(Br)cc1. The van der Waals surface area contributed by atoms with Crippen molar-refractivity contribution in [2.45, 2.75) is 6.42 Å². The highest BCUT2D eigenvalue weighted by Gasteiger charge is 2.16. The zero-order chi connectivity index (χ0) is 22.5. The molecule has 3 aromatic carbocycles. The minimum absolute atomic E-state index is 0.233. The van der Waals surface area contributed by atoms with Crippen molar-refractivity contribution in [2.75, 3.05) is 11.9 Å². The van der Waals surface area contributed by atoms with Crippen molar-refractivity contribution in [3.05, 3.63) is 105 Å². The normalized spacial score (nSPS) is 10.7. The summed E-state index contributed by atoms with van der Waals surface area (Å²) >= 11 is 3.33. The van der Waals surface area contributed by atoms with Gasteiger partial charge in [-0.3, -0.25) is 9.59 Å². The van der Waals surface area contributed by atoms with Gasteiger partial charge in [-0.05, 0) is 48.0 Å². The number of para-hydroxylation sites is 1. The monoisotopic (exact) mass is 491 g/mol. The van der Waals surface area contributed by atoms with Crippen molar-refractivity contribution in [2.24, 2.45) is 0 Å². The highest BCUT2D eigenvalue weighted by Crippen LogP contribution is 2.16. The first kappa shape index (κ1) is 21.5. The number of rotatable bonds is 6. The molecular weight excluding hydrogens is 474 g/mol. The van der Waals surface area contributed by atoms with Crippen molar-refractivity contribution in [3.8, 4) is 0 Å². The minimum atomic E-state index is -0.630. The number of nitrogens with zero attached hydrogens (tertiary/aromatic N) is 1. The van der Waals surface area contributed by atoms with E-state index in [9.17, 15) is 14.4 Å². The first-order valence-electron chi connectivity index (χ1n) is 9.78. The number of anilines is 1. The molecule has 0 spiro atoms. The Kier molecular flexibility index (Phi) is 6.42. The average molecular weight is 492 g/mol. The summed E-state index contributed by atoms with van der Waals surface area (Å²) in [7, 11) is 0. The summed E-state index contributed by atoms with van der Waals surface area (Å²) in [6.45, 7) is -0.422. The van der Waals surface area contributed by atoms with E-state index in [0.29, 0.717) is 33.5 Å². The lowest BCUT2D eigenvalue weighted by atomic mass is 10.0. The second-order valence-corrected chi connectivity index (χ2v) is 7.91. The number of ether oxygens (including phenoxy) is 1. The summed E-state index contributed by atoms with van der Waals surface area (Å²) in [5, 5.41) is 3.17. The van der Waals surface area contributed by atoms with Crippen LogP contribution in [0.1, 0.15) is 21.7 Å². The number of halogens is 1. The number of aromatic nitrogens is 2. The molecule has 1 amide bonds. The molecule has 0 fully saturated rings. The van der Waals surface area contributed by atoms with Crippen LogP contribution in [0.3, 0.4) is 0 Å². The number of hydrogen-bond acceptors (Lipinski definition) is 5. The Morgan fingerprint density at radius 3 is 2.50 bits per heavy atom. The van der Waals surface area contributed by atoms with Crippen LogP contribution in [-0.2, 0) is 16.0 Å². The van der Waals surface area contributed by atoms with Crippen molar-refractivity contribution < 1.29 is 14.3 Å². The van der Waals surface area contributed by atoms with Crippen LogP contribution in [0.5, 0.6) is 0 Å². The molecule has 0 unspecified atom stereocenters. The van der Waals surface area contributed by atoms with E-state index in [1.54, 1.807) is 66.7 Å². The van der Waals surface area contributed by atoms with Gasteiger partial charge in [0.1, 0.15) is 5.82 Å². The Hall–Kier alpha value is -3.78. The van der Waals surface area contributed by atoms with Gasteiger partial charge in [0.05, 0.1) is 16.5 Å². The molecule has 2 N–H and O–H groups in total. The molecule has 7 nitrogen and oxygen atoms in total. The number of carbonyl (C=O) groups is 2. The van der Waals surface area contributed by atoms with Crippen LogP contribution in [0.4, 0.5) is 5.69 Å². The van der Waals surface area contributed by atoms with Crippen LogP contribution in [0.25, 0.3) is 10.9 Å². The van der Waals surface area contributed by atoms with Gasteiger partial charge in [0.15, 0.2) is 6.61 Å². The smallest absolute Gasteiger partial charge is 0.338 e. The summed E-state index contributed by atoms with van der Waals surface area (Å²) in [6.07, 6.45) is 0.233. The van der Waals surface area contributed by atoms with Crippen molar-refractivity contribution in [3.63, 3.8) is 0 Å². The highest BCUT2D eigenvalue weighted by molar-refractivity contribution is 9.10. The number of fused-ring (bicyclic) bond motifs is 1. The van der Waals surface area contributed by atoms with Gasteiger partial charge in [0.25, 0.3) is 11.5 Å². The third-order valence-electron chi connectivity index (χ3n) is 4.72. The molecule has 0 atom stereocenters. The van der Waals surface area contributed by atoms with E-state index >= 15 is 0 Å². The maximum Gasteiger partial charge on any atom is 0.338 e. The van der Waals surface area contributed by atoms with Gasteiger partial charge in [0.2, 0.25) is 0 Å². The third-order valence-corrected chi connectivity index (χ3v) is 5.25. The molecule has 1 heterocycles. The molecular formula is C24H18BrN3O4. The first-order valence-corrected chi connectivity index (χ1v) is 10.6. The number of H-pyrrole nitrogens is 1. The number of nitrogens with one attached hydrogen (secondary N) is 2. The lowest BCUT2D eigenvalue weighted by Gasteiger charge is -2.10. The van der Waals surface area contributed by atoms with E-state index in [4.69, 9.17) is 4.74 Å². The molecule has 0 saturated carbocycles. The van der Waals surface area contributed by atoms with Gasteiger partial charge in [-0.25, -0.2) is 9.78 Å². The van der Waals surface area contributed by atoms with Crippen LogP contribution in [0.15, 0.2) is 82.1 Å². The molecule has 8 heteroatoms. The van der Waals surface area contributed by atoms with Gasteiger partial charge in [0, 0.05) is 16.6 Å². The number of aromatic amines is 1. The minimum Gasteiger partial charge on any atom is -0.452 e. The Balaban J connectivity index is 1.46. The fourth-order valence-corrected chi connectivity index (χ4v) is 3.48. The van der Waals surface area contributed by atoms with E-state index in [1.807, 2.05) is 6.07 Å². The summed E-state index contributed by atoms with van der Waals surface area (Å²) in [4.78, 5) is 44.3. The molecule has 1 aromatic heterocycles. The van der Waals surface area contributed by atoms with Crippen LogP contribution >= 0.6 is 15.9 Å². The van der Waals surface area contributed by atoms with Gasteiger partial charge < -0.3 is 15.0 Å². The molecule has 160 valence electrons. The maximum atomic E-state index is 12.6. The summed E-state index contributed by atoms with van der Waals surface area (Å²) < 4.78 is 6.10. The van der Waals surface area contributed by atoms with Gasteiger partial charge in [-0.15, -0.1) is 0 Å². The Morgan fingerprint density at radius 1 is 0.969 bits per heavy atom. The molecule has 0 saturated heterocycles. The molecule has 0 aliphatic carbocycles. The van der Waals surface area contributed by atoms with Crippen molar-refractivity contribution >= 4 is 44.4 Å². The second kappa shape index (κ2) is 9.57. The molecule has 32 heavy (non-hydrogen) atoms. The number of benzene rings is 3. The zero-order valence-corrected chi connectivity index (χ0v) is 18.4. The third kappa shape index (κ3) is 5.09. The predicted molar refractivity (Wildman–Crippen MR) is 125 cm³/mol. The second-order valence-electron chi connectivity index (χ2n) is 6.99. The summed E-state index contributed by atoms with van der Waals surface area (Å²) in [5.41, 5.74) is 1.87. The van der Waals surface area contributed by atoms with E-state index in [0.717, 1.165) is 4.47 Å². The Bertz CT molecular complexity index is 1350. The van der Waals surface area contributed by atoms with Crippen LogP contribution < -0.4 is 10.9 Å². The highest BCUT2D eigenvalue weighted by atomic mass is 79.9. The topological polar surface area (TPSA) is 101 Å². The quantitative estimate of drug-likeness (QED) is 0.396. The van der Waals surface area contributed by atoms with Crippen molar-refractivity contribution in [1.82, 2.24) is 9.97 Å². The van der Waals surface area contributed by atoms with E-state index in [-0.39, 0.29) is 12.0 Å². The van der Waals surface area contributed by atoms with Gasteiger partial charge >= 0.3 is 5.97 Å². The van der Waals surface area contributed by atoms with E-state index in [1.165, 1.54) is 0 Å². The number of esters is 1. The van der Waals surface area contributed by atoms with Crippen LogP contribution in [0.2, 0.25) is 0 Å². The van der Waals surface area contributed by atoms with Crippen LogP contribution in [0, 0.1) is 0 Å². The van der Waals surface area contributed by atoms with Gasteiger partial charge in [-0.1, -0.05) is 46.3 Å². The molecule has 0 radical (unpaired) electrons. The summed E-state index contributed by atoms with van der Waals surface area (Å²) in [6, 6.07) is 21.0. The number of carbonyl (C=O) groups excluding carboxylic acids is 2. The lowest BCUT2D eigenvalue weighted by molar-refractivity contribution is -0.119.